The third kappa shape index (κ3) is 2.36. The molecule has 2 amide bonds. The molecular formula is C13H17N3O2. The van der Waals surface area contributed by atoms with E-state index in [0.717, 1.165) is 5.56 Å². The van der Waals surface area contributed by atoms with Crippen molar-refractivity contribution in [3.8, 4) is 0 Å². The Hall–Kier alpha value is -1.88. The highest BCUT2D eigenvalue weighted by atomic mass is 16.2. The number of amides is 2. The van der Waals surface area contributed by atoms with Crippen molar-refractivity contribution in [2.75, 3.05) is 13.1 Å². The lowest BCUT2D eigenvalue weighted by atomic mass is 10.0. The fourth-order valence-electron chi connectivity index (χ4n) is 2.13. The second-order valence-corrected chi connectivity index (χ2v) is 4.42. The average molecular weight is 247 g/mol. The van der Waals surface area contributed by atoms with Gasteiger partial charge in [0, 0.05) is 13.1 Å². The molecule has 5 heteroatoms. The van der Waals surface area contributed by atoms with E-state index in [1.54, 1.807) is 11.8 Å². The summed E-state index contributed by atoms with van der Waals surface area (Å²) in [4.78, 5) is 25.6. The van der Waals surface area contributed by atoms with Crippen LogP contribution in [-0.2, 0) is 9.59 Å². The number of benzene rings is 1. The van der Waals surface area contributed by atoms with Crippen LogP contribution in [0.3, 0.4) is 0 Å². The summed E-state index contributed by atoms with van der Waals surface area (Å²) in [6, 6.07) is 8.11. The first-order chi connectivity index (χ1) is 8.61. The van der Waals surface area contributed by atoms with Crippen LogP contribution in [0, 0.1) is 0 Å². The summed E-state index contributed by atoms with van der Waals surface area (Å²) in [5, 5.41) is 2.78. The number of piperazine rings is 1. The van der Waals surface area contributed by atoms with E-state index in [0.29, 0.717) is 13.1 Å². The molecule has 2 unspecified atom stereocenters. The van der Waals surface area contributed by atoms with Gasteiger partial charge in [-0.05, 0) is 12.5 Å². The standard InChI is InChI=1S/C13H17N3O2/c1-9(14)13(18)16-8-7-15-12(17)11(16)10-5-3-2-4-6-10/h2-6,9,11H,7-8,14H2,1H3,(H,15,17). The number of hydrogen-bond acceptors (Lipinski definition) is 3. The van der Waals surface area contributed by atoms with E-state index in [1.165, 1.54) is 0 Å². The van der Waals surface area contributed by atoms with Gasteiger partial charge in [0.1, 0.15) is 6.04 Å². The summed E-state index contributed by atoms with van der Waals surface area (Å²) >= 11 is 0. The van der Waals surface area contributed by atoms with Crippen LogP contribution >= 0.6 is 0 Å². The van der Waals surface area contributed by atoms with Crippen LogP contribution in [0.5, 0.6) is 0 Å². The van der Waals surface area contributed by atoms with Crippen molar-refractivity contribution in [2.45, 2.75) is 19.0 Å². The van der Waals surface area contributed by atoms with Gasteiger partial charge >= 0.3 is 0 Å². The third-order valence-electron chi connectivity index (χ3n) is 3.00. The molecule has 0 aliphatic carbocycles. The Kier molecular flexibility index (Phi) is 3.62. The summed E-state index contributed by atoms with van der Waals surface area (Å²) in [6.45, 7) is 2.60. The molecule has 1 saturated heterocycles. The van der Waals surface area contributed by atoms with E-state index in [4.69, 9.17) is 5.73 Å². The molecule has 1 aliphatic heterocycles. The van der Waals surface area contributed by atoms with Crippen LogP contribution in [0.4, 0.5) is 0 Å². The molecule has 0 aromatic heterocycles. The highest BCUT2D eigenvalue weighted by molar-refractivity contribution is 5.91. The Bertz CT molecular complexity index is 445. The molecule has 96 valence electrons. The second-order valence-electron chi connectivity index (χ2n) is 4.42. The maximum absolute atomic E-state index is 12.0. The Balaban J connectivity index is 2.32. The van der Waals surface area contributed by atoms with Crippen molar-refractivity contribution < 1.29 is 9.59 Å². The molecule has 1 aromatic rings. The van der Waals surface area contributed by atoms with Gasteiger partial charge in [-0.2, -0.15) is 0 Å². The summed E-state index contributed by atoms with van der Waals surface area (Å²) in [7, 11) is 0. The first kappa shape index (κ1) is 12.6. The smallest absolute Gasteiger partial charge is 0.247 e. The van der Waals surface area contributed by atoms with Crippen molar-refractivity contribution in [3.05, 3.63) is 35.9 Å². The highest BCUT2D eigenvalue weighted by Gasteiger charge is 2.35. The number of nitrogens with two attached hydrogens (primary N) is 1. The lowest BCUT2D eigenvalue weighted by Gasteiger charge is -2.36. The highest BCUT2D eigenvalue weighted by Crippen LogP contribution is 2.23. The maximum atomic E-state index is 12.0. The molecule has 1 fully saturated rings. The molecule has 2 rings (SSSR count). The van der Waals surface area contributed by atoms with Gasteiger partial charge in [-0.1, -0.05) is 30.3 Å². The van der Waals surface area contributed by atoms with Crippen LogP contribution in [0.2, 0.25) is 0 Å². The van der Waals surface area contributed by atoms with Gasteiger partial charge < -0.3 is 16.0 Å². The molecule has 3 N–H and O–H groups in total. The maximum Gasteiger partial charge on any atom is 0.247 e. The van der Waals surface area contributed by atoms with Gasteiger partial charge in [-0.25, -0.2) is 0 Å². The summed E-state index contributed by atoms with van der Waals surface area (Å²) < 4.78 is 0. The summed E-state index contributed by atoms with van der Waals surface area (Å²) in [6.07, 6.45) is 0. The normalized spacial score (nSPS) is 21.3. The molecule has 5 nitrogen and oxygen atoms in total. The number of nitrogens with zero attached hydrogens (tertiary/aromatic N) is 1. The number of carbonyl (C=O) groups is 2. The van der Waals surface area contributed by atoms with E-state index in [9.17, 15) is 9.59 Å². The second kappa shape index (κ2) is 5.18. The Morgan fingerprint density at radius 1 is 1.44 bits per heavy atom. The minimum absolute atomic E-state index is 0.151. The molecule has 18 heavy (non-hydrogen) atoms. The Morgan fingerprint density at radius 3 is 2.72 bits per heavy atom. The molecule has 1 aliphatic rings. The molecule has 0 spiro atoms. The molecule has 0 saturated carbocycles. The van der Waals surface area contributed by atoms with E-state index < -0.39 is 12.1 Å². The van der Waals surface area contributed by atoms with Crippen LogP contribution in [0.15, 0.2) is 30.3 Å². The fraction of sp³-hybridized carbons (Fsp3) is 0.385. The number of carbonyl (C=O) groups excluding carboxylic acids is 2. The van der Waals surface area contributed by atoms with Gasteiger partial charge in [0.05, 0.1) is 6.04 Å². The van der Waals surface area contributed by atoms with Crippen molar-refractivity contribution in [1.82, 2.24) is 10.2 Å². The zero-order valence-electron chi connectivity index (χ0n) is 10.3. The largest absolute Gasteiger partial charge is 0.352 e. The van der Waals surface area contributed by atoms with Crippen LogP contribution in [0.25, 0.3) is 0 Å². The number of nitrogens with one attached hydrogen (secondary N) is 1. The summed E-state index contributed by atoms with van der Waals surface area (Å²) in [5.41, 5.74) is 6.44. The minimum atomic E-state index is -0.595. The van der Waals surface area contributed by atoms with Crippen molar-refractivity contribution in [2.24, 2.45) is 5.73 Å². The molecule has 0 radical (unpaired) electrons. The van der Waals surface area contributed by atoms with Crippen molar-refractivity contribution >= 4 is 11.8 Å². The Labute approximate surface area is 106 Å². The molecule has 1 heterocycles. The fourth-order valence-corrected chi connectivity index (χ4v) is 2.13. The average Bonchev–Trinajstić information content (AvgIpc) is 2.38. The van der Waals surface area contributed by atoms with Gasteiger partial charge in [0.2, 0.25) is 11.8 Å². The number of hydrogen-bond donors (Lipinski definition) is 2. The van der Waals surface area contributed by atoms with E-state index in [1.807, 2.05) is 30.3 Å². The van der Waals surface area contributed by atoms with Crippen LogP contribution in [0.1, 0.15) is 18.5 Å². The molecule has 2 atom stereocenters. The van der Waals surface area contributed by atoms with Crippen molar-refractivity contribution in [3.63, 3.8) is 0 Å². The first-order valence-corrected chi connectivity index (χ1v) is 6.00. The van der Waals surface area contributed by atoms with Gasteiger partial charge in [-0.3, -0.25) is 9.59 Å². The van der Waals surface area contributed by atoms with E-state index in [-0.39, 0.29) is 11.8 Å². The van der Waals surface area contributed by atoms with Gasteiger partial charge in [-0.15, -0.1) is 0 Å². The van der Waals surface area contributed by atoms with E-state index in [2.05, 4.69) is 5.32 Å². The zero-order chi connectivity index (χ0) is 13.1. The predicted octanol–water partition coefficient (Wildman–Crippen LogP) is 0.0333. The van der Waals surface area contributed by atoms with Crippen molar-refractivity contribution in [1.29, 1.82) is 0 Å². The lowest BCUT2D eigenvalue weighted by molar-refractivity contribution is -0.144. The molecule has 1 aromatic carbocycles. The Morgan fingerprint density at radius 2 is 2.11 bits per heavy atom. The van der Waals surface area contributed by atoms with E-state index >= 15 is 0 Å². The predicted molar refractivity (Wildman–Crippen MR) is 67.6 cm³/mol. The van der Waals surface area contributed by atoms with Crippen LogP contribution in [-0.4, -0.2) is 35.8 Å². The lowest BCUT2D eigenvalue weighted by Crippen LogP contribution is -2.55. The molecular weight excluding hydrogens is 230 g/mol. The summed E-state index contributed by atoms with van der Waals surface area (Å²) in [5.74, 6) is -0.347. The van der Waals surface area contributed by atoms with Gasteiger partial charge in [0.25, 0.3) is 0 Å². The topological polar surface area (TPSA) is 75.4 Å². The first-order valence-electron chi connectivity index (χ1n) is 6.00. The SMILES string of the molecule is CC(N)C(=O)N1CCNC(=O)C1c1ccccc1. The quantitative estimate of drug-likeness (QED) is 0.774. The van der Waals surface area contributed by atoms with Crippen LogP contribution < -0.4 is 11.1 Å². The molecule has 0 bridgehead atoms. The monoisotopic (exact) mass is 247 g/mol. The minimum Gasteiger partial charge on any atom is -0.352 e. The number of rotatable bonds is 2. The third-order valence-corrected chi connectivity index (χ3v) is 3.00. The van der Waals surface area contributed by atoms with Gasteiger partial charge in [0.15, 0.2) is 0 Å². The zero-order valence-corrected chi connectivity index (χ0v) is 10.3.